The van der Waals surface area contributed by atoms with Crippen molar-refractivity contribution in [3.8, 4) is 0 Å². The highest BCUT2D eigenvalue weighted by Gasteiger charge is 2.36. The Labute approximate surface area is 166 Å². The van der Waals surface area contributed by atoms with Crippen LogP contribution in [-0.4, -0.2) is 94.0 Å². The molecule has 0 unspecified atom stereocenters. The quantitative estimate of drug-likeness (QED) is 0.776. The normalized spacial score (nSPS) is 24.3. The van der Waals surface area contributed by atoms with Gasteiger partial charge in [0.2, 0.25) is 0 Å². The summed E-state index contributed by atoms with van der Waals surface area (Å²) in [6.07, 6.45) is 5.57. The molecule has 2 saturated heterocycles. The average Bonchev–Trinajstić information content (AvgIpc) is 2.72. The molecule has 2 aliphatic rings. The van der Waals surface area contributed by atoms with E-state index in [-0.39, 0.29) is 18.2 Å². The Morgan fingerprint density at radius 2 is 1.82 bits per heavy atom. The highest BCUT2D eigenvalue weighted by Crippen LogP contribution is 2.28. The van der Waals surface area contributed by atoms with Crippen LogP contribution in [0.5, 0.6) is 0 Å². The largest absolute Gasteiger partial charge is 0.481 e. The second-order valence-electron chi connectivity index (χ2n) is 7.88. The minimum atomic E-state index is -0.774. The summed E-state index contributed by atoms with van der Waals surface area (Å²) in [6, 6.07) is 0.343. The molecule has 1 aromatic rings. The summed E-state index contributed by atoms with van der Waals surface area (Å²) in [5.74, 6) is 0.0710. The van der Waals surface area contributed by atoms with Gasteiger partial charge in [0.15, 0.2) is 0 Å². The van der Waals surface area contributed by atoms with Gasteiger partial charge in [-0.3, -0.25) is 14.5 Å². The van der Waals surface area contributed by atoms with Gasteiger partial charge in [0.05, 0.1) is 5.56 Å². The van der Waals surface area contributed by atoms with Crippen molar-refractivity contribution in [1.29, 1.82) is 0 Å². The first kappa shape index (κ1) is 20.7. The summed E-state index contributed by atoms with van der Waals surface area (Å²) < 4.78 is 0. The summed E-state index contributed by atoms with van der Waals surface area (Å²) in [5, 5.41) is 9.16. The number of likely N-dealkylation sites (tertiary alicyclic amines) is 1. The van der Waals surface area contributed by atoms with Crippen LogP contribution in [0.1, 0.15) is 42.4 Å². The van der Waals surface area contributed by atoms with Crippen LogP contribution in [0, 0.1) is 5.92 Å². The lowest BCUT2D eigenvalue weighted by molar-refractivity contribution is -0.137. The lowest BCUT2D eigenvalue weighted by atomic mass is 9.86. The van der Waals surface area contributed by atoms with E-state index in [1.807, 2.05) is 11.8 Å². The number of rotatable bonds is 6. The maximum atomic E-state index is 12.9. The number of aliphatic carboxylic acids is 1. The lowest BCUT2D eigenvalue weighted by Gasteiger charge is -2.46. The Balaban J connectivity index is 1.68. The topological polar surface area (TPSA) is 89.9 Å². The van der Waals surface area contributed by atoms with Crippen LogP contribution in [0.4, 0.5) is 0 Å². The van der Waals surface area contributed by atoms with Gasteiger partial charge in [0.25, 0.3) is 5.91 Å². The van der Waals surface area contributed by atoms with Crippen molar-refractivity contribution in [2.75, 3.05) is 46.3 Å². The zero-order valence-corrected chi connectivity index (χ0v) is 16.9. The van der Waals surface area contributed by atoms with Crippen LogP contribution < -0.4 is 0 Å². The number of carbonyl (C=O) groups excluding carboxylic acids is 1. The fourth-order valence-corrected chi connectivity index (χ4v) is 4.26. The summed E-state index contributed by atoms with van der Waals surface area (Å²) >= 11 is 0. The molecule has 0 bridgehead atoms. The van der Waals surface area contributed by atoms with Crippen molar-refractivity contribution < 1.29 is 14.7 Å². The third-order valence-electron chi connectivity index (χ3n) is 5.99. The maximum absolute atomic E-state index is 12.9. The summed E-state index contributed by atoms with van der Waals surface area (Å²) in [4.78, 5) is 39.2. The number of carboxylic acid groups (broad SMARTS) is 1. The number of aryl methyl sites for hydroxylation is 1. The third kappa shape index (κ3) is 5.05. The molecule has 1 amide bonds. The van der Waals surface area contributed by atoms with Crippen molar-refractivity contribution in [1.82, 2.24) is 24.7 Å². The monoisotopic (exact) mass is 389 g/mol. The SMILES string of the molecule is CCc1ncc(C(=O)N2CC[C@H](N3CCN(C)CC3)[C@H](CCC(=O)O)C2)cn1. The van der Waals surface area contributed by atoms with Crippen molar-refractivity contribution in [2.45, 2.75) is 38.6 Å². The Morgan fingerprint density at radius 1 is 1.14 bits per heavy atom. The first-order chi connectivity index (χ1) is 13.5. The third-order valence-corrected chi connectivity index (χ3v) is 5.99. The molecule has 8 nitrogen and oxygen atoms in total. The Kier molecular flexibility index (Phi) is 6.96. The Morgan fingerprint density at radius 3 is 2.43 bits per heavy atom. The van der Waals surface area contributed by atoms with Crippen LogP contribution in [0.25, 0.3) is 0 Å². The minimum absolute atomic E-state index is 0.0557. The summed E-state index contributed by atoms with van der Waals surface area (Å²) in [5.41, 5.74) is 0.507. The van der Waals surface area contributed by atoms with Crippen LogP contribution in [0.15, 0.2) is 12.4 Å². The molecule has 2 atom stereocenters. The molecule has 2 aliphatic heterocycles. The van der Waals surface area contributed by atoms with Gasteiger partial charge in [-0.1, -0.05) is 6.92 Å². The molecule has 1 aromatic heterocycles. The lowest BCUT2D eigenvalue weighted by Crippen LogP contribution is -2.57. The van der Waals surface area contributed by atoms with Crippen molar-refractivity contribution in [3.63, 3.8) is 0 Å². The zero-order valence-electron chi connectivity index (χ0n) is 16.9. The second-order valence-corrected chi connectivity index (χ2v) is 7.88. The fourth-order valence-electron chi connectivity index (χ4n) is 4.26. The molecule has 0 radical (unpaired) electrons. The minimum Gasteiger partial charge on any atom is -0.481 e. The number of piperidine rings is 1. The van der Waals surface area contributed by atoms with Gasteiger partial charge >= 0.3 is 5.97 Å². The molecule has 28 heavy (non-hydrogen) atoms. The molecular weight excluding hydrogens is 358 g/mol. The van der Waals surface area contributed by atoms with E-state index < -0.39 is 5.97 Å². The van der Waals surface area contributed by atoms with E-state index in [1.165, 1.54) is 0 Å². The number of carbonyl (C=O) groups is 2. The highest BCUT2D eigenvalue weighted by atomic mass is 16.4. The molecule has 3 heterocycles. The van der Waals surface area contributed by atoms with Crippen LogP contribution >= 0.6 is 0 Å². The maximum Gasteiger partial charge on any atom is 0.303 e. The van der Waals surface area contributed by atoms with Gasteiger partial charge in [-0.05, 0) is 25.8 Å². The second kappa shape index (κ2) is 9.43. The number of amides is 1. The molecule has 1 N–H and O–H groups in total. The van der Waals surface area contributed by atoms with E-state index in [9.17, 15) is 9.59 Å². The molecule has 0 spiro atoms. The number of nitrogens with zero attached hydrogens (tertiary/aromatic N) is 5. The molecule has 0 aliphatic carbocycles. The zero-order chi connectivity index (χ0) is 20.1. The molecule has 154 valence electrons. The van der Waals surface area contributed by atoms with Crippen molar-refractivity contribution in [3.05, 3.63) is 23.8 Å². The number of hydrogen-bond acceptors (Lipinski definition) is 6. The van der Waals surface area contributed by atoms with E-state index in [2.05, 4.69) is 26.8 Å². The summed E-state index contributed by atoms with van der Waals surface area (Å²) in [7, 11) is 2.13. The molecule has 3 rings (SSSR count). The van der Waals surface area contributed by atoms with Gasteiger partial charge in [0.1, 0.15) is 5.82 Å². The number of carboxylic acids is 1. The fraction of sp³-hybridized carbons (Fsp3) is 0.700. The standard InChI is InChI=1S/C20H31N5O3/c1-3-18-21-12-16(13-22-18)20(28)25-7-6-17(15(14-25)4-5-19(26)27)24-10-8-23(2)9-11-24/h12-13,15,17H,3-11,14H2,1-2H3,(H,26,27)/t15-,17+/m1/s1. The van der Waals surface area contributed by atoms with Crippen molar-refractivity contribution >= 4 is 11.9 Å². The molecule has 2 fully saturated rings. The van der Waals surface area contributed by atoms with Gasteiger partial charge in [0, 0.05) is 70.5 Å². The van der Waals surface area contributed by atoms with E-state index >= 15 is 0 Å². The average molecular weight is 390 g/mol. The van der Waals surface area contributed by atoms with Crippen LogP contribution in [0.3, 0.4) is 0 Å². The number of likely N-dealkylation sites (N-methyl/N-ethyl adjacent to an activating group) is 1. The predicted octanol–water partition coefficient (Wildman–Crippen LogP) is 0.982. The van der Waals surface area contributed by atoms with Gasteiger partial charge in [-0.25, -0.2) is 9.97 Å². The van der Waals surface area contributed by atoms with E-state index in [1.54, 1.807) is 12.4 Å². The Bertz CT molecular complexity index is 673. The van der Waals surface area contributed by atoms with E-state index in [0.29, 0.717) is 31.1 Å². The molecule has 0 aromatic carbocycles. The van der Waals surface area contributed by atoms with Crippen LogP contribution in [-0.2, 0) is 11.2 Å². The summed E-state index contributed by atoms with van der Waals surface area (Å²) in [6.45, 7) is 7.34. The van der Waals surface area contributed by atoms with E-state index in [4.69, 9.17) is 5.11 Å². The predicted molar refractivity (Wildman–Crippen MR) is 105 cm³/mol. The van der Waals surface area contributed by atoms with Gasteiger partial charge < -0.3 is 14.9 Å². The first-order valence-electron chi connectivity index (χ1n) is 10.2. The number of aromatic nitrogens is 2. The first-order valence-corrected chi connectivity index (χ1v) is 10.2. The van der Waals surface area contributed by atoms with Gasteiger partial charge in [-0.2, -0.15) is 0 Å². The van der Waals surface area contributed by atoms with Crippen LogP contribution in [0.2, 0.25) is 0 Å². The highest BCUT2D eigenvalue weighted by molar-refractivity contribution is 5.93. The molecular formula is C20H31N5O3. The number of hydrogen-bond donors (Lipinski definition) is 1. The molecule has 0 saturated carbocycles. The van der Waals surface area contributed by atoms with Crippen molar-refractivity contribution in [2.24, 2.45) is 5.92 Å². The molecule has 8 heteroatoms. The number of piperazine rings is 1. The van der Waals surface area contributed by atoms with E-state index in [0.717, 1.165) is 44.8 Å². The Hall–Kier alpha value is -2.06. The van der Waals surface area contributed by atoms with Gasteiger partial charge in [-0.15, -0.1) is 0 Å². The smallest absolute Gasteiger partial charge is 0.303 e.